The van der Waals surface area contributed by atoms with Gasteiger partial charge in [-0.3, -0.25) is 0 Å². The Balaban J connectivity index is 2.36. The molecule has 1 heterocycles. The van der Waals surface area contributed by atoms with Crippen molar-refractivity contribution in [3.63, 3.8) is 0 Å². The van der Waals surface area contributed by atoms with E-state index in [0.29, 0.717) is 11.8 Å². The van der Waals surface area contributed by atoms with Crippen molar-refractivity contribution in [2.24, 2.45) is 17.0 Å². The first-order chi connectivity index (χ1) is 3.80. The van der Waals surface area contributed by atoms with E-state index in [1.807, 2.05) is 6.21 Å². The molecule has 0 bridgehead atoms. The summed E-state index contributed by atoms with van der Waals surface area (Å²) in [6.07, 6.45) is 1.88. The third-order valence-corrected chi connectivity index (χ3v) is 1.45. The van der Waals surface area contributed by atoms with Crippen LogP contribution < -0.4 is 0 Å². The van der Waals surface area contributed by atoms with Crippen LogP contribution in [0.1, 0.15) is 13.8 Å². The number of hydrogen-bond acceptors (Lipinski definition) is 2. The first kappa shape index (κ1) is 5.60. The molecule has 1 atom stereocenters. The summed E-state index contributed by atoms with van der Waals surface area (Å²) in [5.74, 6) is 1.22. The second-order valence-electron chi connectivity index (χ2n) is 2.46. The molecule has 0 spiro atoms. The van der Waals surface area contributed by atoms with Crippen LogP contribution in [0.15, 0.2) is 5.16 Å². The van der Waals surface area contributed by atoms with E-state index in [-0.39, 0.29) is 0 Å². The van der Waals surface area contributed by atoms with Crippen molar-refractivity contribution >= 4 is 6.21 Å². The first-order valence-electron chi connectivity index (χ1n) is 2.96. The van der Waals surface area contributed by atoms with Crippen LogP contribution in [0, 0.1) is 11.8 Å². The van der Waals surface area contributed by atoms with Crippen LogP contribution in [-0.4, -0.2) is 12.8 Å². The summed E-state index contributed by atoms with van der Waals surface area (Å²) in [6, 6.07) is 0. The van der Waals surface area contributed by atoms with Gasteiger partial charge in [0.15, 0.2) is 0 Å². The highest BCUT2D eigenvalue weighted by Crippen LogP contribution is 2.12. The van der Waals surface area contributed by atoms with Crippen molar-refractivity contribution in [3.8, 4) is 0 Å². The SMILES string of the molecule is CC(C)[C@H]1C=NOC1. The number of oxime groups is 1. The van der Waals surface area contributed by atoms with Gasteiger partial charge in [-0.2, -0.15) is 0 Å². The van der Waals surface area contributed by atoms with Gasteiger partial charge in [0.1, 0.15) is 6.61 Å². The van der Waals surface area contributed by atoms with Gasteiger partial charge in [-0.25, -0.2) is 0 Å². The van der Waals surface area contributed by atoms with Crippen LogP contribution in [-0.2, 0) is 4.84 Å². The monoisotopic (exact) mass is 113 g/mol. The molecule has 0 amide bonds. The summed E-state index contributed by atoms with van der Waals surface area (Å²) < 4.78 is 0. The van der Waals surface area contributed by atoms with E-state index >= 15 is 0 Å². The minimum atomic E-state index is 0.551. The Kier molecular flexibility index (Phi) is 1.51. The molecular weight excluding hydrogens is 102 g/mol. The Labute approximate surface area is 49.5 Å². The summed E-state index contributed by atoms with van der Waals surface area (Å²) in [6.45, 7) is 5.12. The molecular formula is C6H11NO. The summed E-state index contributed by atoms with van der Waals surface area (Å²) >= 11 is 0. The average Bonchev–Trinajstić information content (AvgIpc) is 2.12. The number of rotatable bonds is 1. The van der Waals surface area contributed by atoms with Crippen molar-refractivity contribution in [1.82, 2.24) is 0 Å². The third-order valence-electron chi connectivity index (χ3n) is 1.45. The molecule has 0 aromatic rings. The topological polar surface area (TPSA) is 21.6 Å². The largest absolute Gasteiger partial charge is 0.395 e. The molecule has 1 rings (SSSR count). The second kappa shape index (κ2) is 2.16. The molecule has 0 saturated heterocycles. The predicted octanol–water partition coefficient (Wildman–Crippen LogP) is 1.27. The van der Waals surface area contributed by atoms with E-state index in [1.165, 1.54) is 0 Å². The first-order valence-corrected chi connectivity index (χ1v) is 2.96. The fraction of sp³-hybridized carbons (Fsp3) is 0.833. The lowest BCUT2D eigenvalue weighted by atomic mass is 9.99. The van der Waals surface area contributed by atoms with Crippen LogP contribution in [0.4, 0.5) is 0 Å². The molecule has 0 N–H and O–H groups in total. The molecule has 0 aromatic carbocycles. The summed E-state index contributed by atoms with van der Waals surface area (Å²) in [5, 5.41) is 3.66. The molecule has 0 radical (unpaired) electrons. The van der Waals surface area contributed by atoms with Gasteiger partial charge in [0, 0.05) is 5.92 Å². The van der Waals surface area contributed by atoms with E-state index < -0.39 is 0 Å². The second-order valence-corrected chi connectivity index (χ2v) is 2.46. The number of nitrogens with zero attached hydrogens (tertiary/aromatic N) is 1. The smallest absolute Gasteiger partial charge is 0.125 e. The summed E-state index contributed by atoms with van der Waals surface area (Å²) in [4.78, 5) is 4.79. The molecule has 1 aliphatic heterocycles. The van der Waals surface area contributed by atoms with Gasteiger partial charge in [-0.15, -0.1) is 0 Å². The van der Waals surface area contributed by atoms with Crippen molar-refractivity contribution < 1.29 is 4.84 Å². The average molecular weight is 113 g/mol. The van der Waals surface area contributed by atoms with Gasteiger partial charge < -0.3 is 4.84 Å². The van der Waals surface area contributed by atoms with E-state index in [9.17, 15) is 0 Å². The predicted molar refractivity (Wildman–Crippen MR) is 32.8 cm³/mol. The highest BCUT2D eigenvalue weighted by Gasteiger charge is 2.15. The Morgan fingerprint density at radius 2 is 2.50 bits per heavy atom. The van der Waals surface area contributed by atoms with E-state index in [0.717, 1.165) is 6.61 Å². The molecule has 0 aromatic heterocycles. The van der Waals surface area contributed by atoms with Crippen LogP contribution in [0.5, 0.6) is 0 Å². The van der Waals surface area contributed by atoms with Crippen LogP contribution in [0.2, 0.25) is 0 Å². The zero-order valence-corrected chi connectivity index (χ0v) is 5.29. The van der Waals surface area contributed by atoms with E-state index in [1.54, 1.807) is 0 Å². The lowest BCUT2D eigenvalue weighted by molar-refractivity contribution is 0.144. The van der Waals surface area contributed by atoms with Crippen molar-refractivity contribution in [3.05, 3.63) is 0 Å². The molecule has 1 aliphatic rings. The fourth-order valence-corrected chi connectivity index (χ4v) is 0.658. The van der Waals surface area contributed by atoms with E-state index in [4.69, 9.17) is 4.84 Å². The van der Waals surface area contributed by atoms with Gasteiger partial charge in [0.25, 0.3) is 0 Å². The molecule has 0 fully saturated rings. The zero-order chi connectivity index (χ0) is 5.98. The maximum Gasteiger partial charge on any atom is 0.125 e. The van der Waals surface area contributed by atoms with Gasteiger partial charge in [-0.1, -0.05) is 19.0 Å². The normalized spacial score (nSPS) is 26.6. The molecule has 2 heteroatoms. The maximum absolute atomic E-state index is 4.79. The van der Waals surface area contributed by atoms with Gasteiger partial charge in [0.05, 0.1) is 6.21 Å². The van der Waals surface area contributed by atoms with Crippen molar-refractivity contribution in [2.75, 3.05) is 6.61 Å². The van der Waals surface area contributed by atoms with Crippen LogP contribution in [0.3, 0.4) is 0 Å². The molecule has 0 aliphatic carbocycles. The van der Waals surface area contributed by atoms with E-state index in [2.05, 4.69) is 19.0 Å². The Morgan fingerprint density at radius 1 is 1.75 bits per heavy atom. The minimum Gasteiger partial charge on any atom is -0.395 e. The lowest BCUT2D eigenvalue weighted by Crippen LogP contribution is -2.10. The fourth-order valence-electron chi connectivity index (χ4n) is 0.658. The highest BCUT2D eigenvalue weighted by atomic mass is 16.6. The highest BCUT2D eigenvalue weighted by molar-refractivity contribution is 5.61. The van der Waals surface area contributed by atoms with Crippen LogP contribution >= 0.6 is 0 Å². The number of hydrogen-bond donors (Lipinski definition) is 0. The van der Waals surface area contributed by atoms with Crippen molar-refractivity contribution in [1.29, 1.82) is 0 Å². The van der Waals surface area contributed by atoms with Gasteiger partial charge in [0.2, 0.25) is 0 Å². The Hall–Kier alpha value is -0.530. The Morgan fingerprint density at radius 3 is 2.75 bits per heavy atom. The maximum atomic E-state index is 4.79. The molecule has 0 unspecified atom stereocenters. The van der Waals surface area contributed by atoms with Crippen molar-refractivity contribution in [2.45, 2.75) is 13.8 Å². The quantitative estimate of drug-likeness (QED) is 0.502. The molecule has 0 saturated carbocycles. The molecule has 8 heavy (non-hydrogen) atoms. The molecule has 46 valence electrons. The third kappa shape index (κ3) is 0.997. The lowest BCUT2D eigenvalue weighted by Gasteiger charge is -2.06. The standard InChI is InChI=1S/C6H11NO/c1-5(2)6-3-7-8-4-6/h3,5-6H,4H2,1-2H3/t6-/m0/s1. The van der Waals surface area contributed by atoms with Gasteiger partial charge >= 0.3 is 0 Å². The van der Waals surface area contributed by atoms with Crippen LogP contribution in [0.25, 0.3) is 0 Å². The summed E-state index contributed by atoms with van der Waals surface area (Å²) in [7, 11) is 0. The molecule has 2 nitrogen and oxygen atoms in total. The Bertz CT molecular complexity index is 98.7. The van der Waals surface area contributed by atoms with Gasteiger partial charge in [-0.05, 0) is 5.92 Å². The minimum absolute atomic E-state index is 0.551. The summed E-state index contributed by atoms with van der Waals surface area (Å²) in [5.41, 5.74) is 0. The zero-order valence-electron chi connectivity index (χ0n) is 5.29.